The van der Waals surface area contributed by atoms with Gasteiger partial charge in [0.25, 0.3) is 7.37 Å². The second-order valence-corrected chi connectivity index (χ2v) is 20.0. The zero-order valence-corrected chi connectivity index (χ0v) is 35.4. The summed E-state index contributed by atoms with van der Waals surface area (Å²) in [7, 11) is -7.22. The van der Waals surface area contributed by atoms with E-state index in [0.29, 0.717) is 51.9 Å². The molecule has 10 rings (SSSR count). The van der Waals surface area contributed by atoms with Crippen molar-refractivity contribution in [2.75, 3.05) is 15.9 Å². The molecule has 0 radical (unpaired) electrons. The van der Waals surface area contributed by atoms with Crippen molar-refractivity contribution in [2.24, 2.45) is 0 Å². The third-order valence-corrected chi connectivity index (χ3v) is 16.4. The van der Waals surface area contributed by atoms with Crippen molar-refractivity contribution in [3.05, 3.63) is 216 Å². The topological polar surface area (TPSA) is 99.5 Å². The molecule has 8 aromatic carbocycles. The van der Waals surface area contributed by atoms with Gasteiger partial charge in [-0.15, -0.1) is 0 Å². The number of para-hydroxylation sites is 4. The summed E-state index contributed by atoms with van der Waals surface area (Å²) in [6.45, 7) is 0.458. The Morgan fingerprint density at radius 1 is 0.435 bits per heavy atom. The van der Waals surface area contributed by atoms with Gasteiger partial charge in [0.1, 0.15) is 29.3 Å². The first kappa shape index (κ1) is 39.2. The zero-order chi connectivity index (χ0) is 42.3. The number of anilines is 2. The monoisotopic (exact) mass is 852 g/mol. The van der Waals surface area contributed by atoms with Crippen LogP contribution in [0.25, 0.3) is 22.3 Å². The molecule has 10 heteroatoms. The summed E-state index contributed by atoms with van der Waals surface area (Å²) < 4.78 is 45.2. The first-order chi connectivity index (χ1) is 30.3. The molecule has 62 heavy (non-hydrogen) atoms. The summed E-state index contributed by atoms with van der Waals surface area (Å²) in [5, 5.41) is 23.0. The van der Waals surface area contributed by atoms with Crippen LogP contribution in [-0.4, -0.2) is 16.5 Å². The number of hydrogen-bond donors (Lipinski definition) is 2. The van der Waals surface area contributed by atoms with E-state index in [9.17, 15) is 10.2 Å². The molecule has 0 saturated heterocycles. The lowest BCUT2D eigenvalue weighted by Crippen LogP contribution is -2.31. The number of nitrogens with zero attached hydrogens (tertiary/aromatic N) is 2. The average Bonchev–Trinajstić information content (AvgIpc) is 3.30. The number of aromatic hydroxyl groups is 2. The van der Waals surface area contributed by atoms with Crippen LogP contribution in [0.5, 0.6) is 23.0 Å². The minimum absolute atomic E-state index is 0.0916. The van der Waals surface area contributed by atoms with E-state index >= 15 is 9.13 Å². The van der Waals surface area contributed by atoms with Gasteiger partial charge in [0, 0.05) is 45.7 Å². The standard InChI is InChI=1S/C52H42N2O6P2/c55-47-19-7-1-13-39(47)34-53(36-61(57)51-23-11-5-17-45(51)43-15-3-9-21-49(43)59-61)41-29-25-37(26-30-41)33-38-27-31-42(32-28-38)54(35-40-14-2-8-20-48(40)56)62(58)52-24-12-6-18-46(52)44-16-4-10-22-50(44)60-62/h1-32,55-56H,33-36H2. The number of phenolic OH excluding ortho intramolecular Hbond substituents is 2. The molecule has 2 unspecified atom stereocenters. The summed E-state index contributed by atoms with van der Waals surface area (Å²) in [5.74, 6) is 1.42. The van der Waals surface area contributed by atoms with Gasteiger partial charge in [0.2, 0.25) is 0 Å². The molecule has 2 atom stereocenters. The lowest BCUT2D eigenvalue weighted by atomic mass is 10.0. The second kappa shape index (κ2) is 16.1. The Labute approximate surface area is 360 Å². The maximum atomic E-state index is 15.5. The van der Waals surface area contributed by atoms with Crippen LogP contribution in [0.2, 0.25) is 0 Å². The lowest BCUT2D eigenvalue weighted by Gasteiger charge is -2.37. The smallest absolute Gasteiger partial charge is 0.375 e. The third-order valence-electron chi connectivity index (χ3n) is 11.6. The number of fused-ring (bicyclic) bond motifs is 6. The molecule has 2 heterocycles. The Balaban J connectivity index is 0.943. The Morgan fingerprint density at radius 3 is 1.48 bits per heavy atom. The molecule has 2 aliphatic heterocycles. The summed E-state index contributed by atoms with van der Waals surface area (Å²) in [4.78, 5) is 2.02. The SMILES string of the molecule is O=P1(CN(Cc2ccccc2O)c2ccc(Cc3ccc(N(Cc4ccccc4O)P4(=O)Oc5ccccc5-c5ccccc54)cc3)cc2)Oc2ccccc2-c2ccccc21. The third kappa shape index (κ3) is 7.32. The van der Waals surface area contributed by atoms with E-state index in [2.05, 4.69) is 12.1 Å². The van der Waals surface area contributed by atoms with E-state index in [0.717, 1.165) is 39.1 Å². The summed E-state index contributed by atoms with van der Waals surface area (Å²) in [5.41, 5.74) is 8.50. The molecule has 0 aromatic heterocycles. The second-order valence-electron chi connectivity index (χ2n) is 15.6. The van der Waals surface area contributed by atoms with Gasteiger partial charge in [-0.1, -0.05) is 133 Å². The van der Waals surface area contributed by atoms with Gasteiger partial charge in [-0.2, -0.15) is 0 Å². The van der Waals surface area contributed by atoms with Crippen LogP contribution >= 0.6 is 14.9 Å². The molecule has 8 nitrogen and oxygen atoms in total. The van der Waals surface area contributed by atoms with Crippen LogP contribution in [0.15, 0.2) is 194 Å². The van der Waals surface area contributed by atoms with Gasteiger partial charge in [-0.25, -0.2) is 4.57 Å². The average molecular weight is 853 g/mol. The van der Waals surface area contributed by atoms with Crippen molar-refractivity contribution in [1.82, 2.24) is 0 Å². The predicted octanol–water partition coefficient (Wildman–Crippen LogP) is 11.9. The molecule has 0 fully saturated rings. The van der Waals surface area contributed by atoms with Crippen molar-refractivity contribution in [1.29, 1.82) is 0 Å². The Bertz CT molecular complexity index is 3040. The fourth-order valence-electron chi connectivity index (χ4n) is 8.45. The van der Waals surface area contributed by atoms with Crippen molar-refractivity contribution >= 4 is 36.9 Å². The molecular weight excluding hydrogens is 811 g/mol. The van der Waals surface area contributed by atoms with Gasteiger partial charge >= 0.3 is 7.52 Å². The summed E-state index contributed by atoms with van der Waals surface area (Å²) in [6.07, 6.45) is 0.712. The molecule has 2 N–H and O–H groups in total. The molecule has 8 aromatic rings. The minimum atomic E-state index is -3.76. The number of hydrogen-bond acceptors (Lipinski definition) is 7. The summed E-state index contributed by atoms with van der Waals surface area (Å²) >= 11 is 0. The van der Waals surface area contributed by atoms with Crippen molar-refractivity contribution in [3.63, 3.8) is 0 Å². The van der Waals surface area contributed by atoms with Gasteiger partial charge in [0.05, 0.1) is 17.2 Å². The first-order valence-corrected chi connectivity index (χ1v) is 23.9. The van der Waals surface area contributed by atoms with E-state index in [-0.39, 0.29) is 24.3 Å². The van der Waals surface area contributed by atoms with Gasteiger partial charge in [-0.05, 0) is 83.8 Å². The Hall–Kier alpha value is -6.98. The molecule has 0 amide bonds. The molecule has 306 valence electrons. The summed E-state index contributed by atoms with van der Waals surface area (Å²) in [6, 6.07) is 61.2. The quantitative estimate of drug-likeness (QED) is 0.124. The van der Waals surface area contributed by atoms with Gasteiger partial charge < -0.3 is 24.2 Å². The number of rotatable bonds is 11. The molecule has 0 saturated carbocycles. The van der Waals surface area contributed by atoms with Crippen LogP contribution in [0.1, 0.15) is 22.3 Å². The highest BCUT2D eigenvalue weighted by Gasteiger charge is 2.42. The number of benzene rings is 8. The van der Waals surface area contributed by atoms with Crippen LogP contribution in [-0.2, 0) is 28.6 Å². The Morgan fingerprint density at radius 2 is 0.887 bits per heavy atom. The van der Waals surface area contributed by atoms with Crippen LogP contribution < -0.4 is 29.2 Å². The zero-order valence-electron chi connectivity index (χ0n) is 33.6. The first-order valence-electron chi connectivity index (χ1n) is 20.5. The van der Waals surface area contributed by atoms with Gasteiger partial charge in [-0.3, -0.25) is 9.24 Å². The highest BCUT2D eigenvalue weighted by atomic mass is 31.2. The Kier molecular flexibility index (Phi) is 10.2. The maximum Gasteiger partial charge on any atom is 0.375 e. The number of phenols is 2. The largest absolute Gasteiger partial charge is 0.508 e. The maximum absolute atomic E-state index is 15.5. The van der Waals surface area contributed by atoms with Crippen molar-refractivity contribution in [3.8, 4) is 45.3 Å². The lowest BCUT2D eigenvalue weighted by molar-refractivity contribution is 0.465. The van der Waals surface area contributed by atoms with Crippen LogP contribution in [0.3, 0.4) is 0 Å². The van der Waals surface area contributed by atoms with E-state index < -0.39 is 14.9 Å². The van der Waals surface area contributed by atoms with Crippen LogP contribution in [0.4, 0.5) is 11.4 Å². The van der Waals surface area contributed by atoms with E-state index in [1.165, 1.54) is 0 Å². The van der Waals surface area contributed by atoms with Crippen molar-refractivity contribution in [2.45, 2.75) is 19.5 Å². The van der Waals surface area contributed by atoms with E-state index in [1.54, 1.807) is 28.9 Å². The molecule has 0 bridgehead atoms. The highest BCUT2D eigenvalue weighted by Crippen LogP contribution is 2.59. The van der Waals surface area contributed by atoms with Gasteiger partial charge in [0.15, 0.2) is 0 Å². The predicted molar refractivity (Wildman–Crippen MR) is 249 cm³/mol. The molecule has 0 aliphatic carbocycles. The van der Waals surface area contributed by atoms with E-state index in [4.69, 9.17) is 9.05 Å². The van der Waals surface area contributed by atoms with Crippen LogP contribution in [0, 0.1) is 0 Å². The van der Waals surface area contributed by atoms with Crippen molar-refractivity contribution < 1.29 is 28.4 Å². The highest BCUT2D eigenvalue weighted by molar-refractivity contribution is 7.69. The van der Waals surface area contributed by atoms with E-state index in [1.807, 2.05) is 163 Å². The molecule has 0 spiro atoms. The molecular formula is C52H42N2O6P2. The normalized spacial score (nSPS) is 17.0. The fraction of sp³-hybridized carbons (Fsp3) is 0.0769. The fourth-order valence-corrected chi connectivity index (χ4v) is 13.3. The minimum Gasteiger partial charge on any atom is -0.508 e. The molecule has 2 aliphatic rings.